The van der Waals surface area contributed by atoms with Crippen molar-refractivity contribution < 1.29 is 17.6 Å². The first kappa shape index (κ1) is 24.7. The normalized spacial score (nSPS) is 13.1. The average molecular weight is 575 g/mol. The molecular weight excluding hydrogens is 556 g/mol. The third-order valence-corrected chi connectivity index (χ3v) is 9.11. The Morgan fingerprint density at radius 3 is 1.27 bits per heavy atom. The van der Waals surface area contributed by atoms with Crippen LogP contribution >= 0.6 is 22.7 Å². The lowest BCUT2D eigenvalue weighted by molar-refractivity contribution is 0.537. The number of aryl methyl sites for hydroxylation is 2. The van der Waals surface area contributed by atoms with Gasteiger partial charge in [-0.15, -0.1) is 22.7 Å². The maximum atomic E-state index is 15.2. The molecule has 2 aromatic heterocycles. The van der Waals surface area contributed by atoms with Gasteiger partial charge in [0.2, 0.25) is 10.3 Å². The Hall–Kier alpha value is -4.28. The largest absolute Gasteiger partial charge is 0.278 e. The van der Waals surface area contributed by atoms with Crippen LogP contribution in [0.4, 0.5) is 28.9 Å². The Morgan fingerprint density at radius 2 is 0.900 bits per heavy atom. The third-order valence-electron chi connectivity index (χ3n) is 7.16. The van der Waals surface area contributed by atoms with Crippen molar-refractivity contribution in [3.63, 3.8) is 0 Å². The number of hydrogen-bond acceptors (Lipinski definition) is 6. The topological polar surface area (TPSA) is 48.8 Å². The van der Waals surface area contributed by atoms with Gasteiger partial charge in [0.25, 0.3) is 0 Å². The Bertz CT molecular complexity index is 2070. The minimum Gasteiger partial charge on any atom is -0.278 e. The van der Waals surface area contributed by atoms with Gasteiger partial charge in [0.05, 0.1) is 31.5 Å². The molecule has 7 aromatic rings. The zero-order chi connectivity index (χ0) is 27.7. The number of thiophene rings is 2. The van der Waals surface area contributed by atoms with Gasteiger partial charge in [-0.3, -0.25) is 10.9 Å². The smallest absolute Gasteiger partial charge is 0.213 e. The van der Waals surface area contributed by atoms with Crippen molar-refractivity contribution in [3.05, 3.63) is 104 Å². The molecule has 2 heterocycles. The fraction of sp³-hybridized carbons (Fsp3) is 0.0667. The molecule has 5 aromatic carbocycles. The number of nitrogens with zero attached hydrogens (tertiary/aromatic N) is 2. The summed E-state index contributed by atoms with van der Waals surface area (Å²) in [7, 11) is 0. The summed E-state index contributed by atoms with van der Waals surface area (Å²) in [6.45, 7) is 3.62. The SMILES string of the molecule is Cc1c2c(=NNc3ccccc3)c3c(F)c(F)sc3c2c(C)c2c(=NNc3ccccc3)c3c(F)c(F)sc3c12. The second kappa shape index (κ2) is 9.14. The quantitative estimate of drug-likeness (QED) is 0.164. The molecule has 0 bridgehead atoms. The van der Waals surface area contributed by atoms with Crippen LogP contribution in [0.25, 0.3) is 41.7 Å². The van der Waals surface area contributed by atoms with Gasteiger partial charge in [-0.05, 0) is 49.2 Å². The molecule has 0 radical (unpaired) electrons. The van der Waals surface area contributed by atoms with E-state index in [1.54, 1.807) is 24.3 Å². The van der Waals surface area contributed by atoms with Crippen LogP contribution in [-0.2, 0) is 0 Å². The molecule has 0 amide bonds. The van der Waals surface area contributed by atoms with E-state index in [4.69, 9.17) is 0 Å². The number of para-hydroxylation sites is 2. The zero-order valence-electron chi connectivity index (χ0n) is 21.0. The molecule has 0 aliphatic carbocycles. The highest BCUT2D eigenvalue weighted by molar-refractivity contribution is 7.19. The van der Waals surface area contributed by atoms with Gasteiger partial charge in [0, 0.05) is 21.5 Å². The fourth-order valence-electron chi connectivity index (χ4n) is 5.44. The molecule has 0 aliphatic rings. The van der Waals surface area contributed by atoms with Gasteiger partial charge < -0.3 is 0 Å². The summed E-state index contributed by atoms with van der Waals surface area (Å²) in [6, 6.07) is 18.2. The first-order chi connectivity index (χ1) is 19.4. The lowest BCUT2D eigenvalue weighted by Gasteiger charge is -2.07. The molecule has 2 N–H and O–H groups in total. The van der Waals surface area contributed by atoms with Crippen molar-refractivity contribution in [2.24, 2.45) is 10.2 Å². The highest BCUT2D eigenvalue weighted by atomic mass is 32.1. The molecule has 10 heteroatoms. The van der Waals surface area contributed by atoms with Crippen molar-refractivity contribution in [1.29, 1.82) is 0 Å². The van der Waals surface area contributed by atoms with E-state index in [1.807, 2.05) is 50.2 Å². The number of anilines is 2. The molecule has 0 saturated carbocycles. The average Bonchev–Trinajstić information content (AvgIpc) is 3.64. The van der Waals surface area contributed by atoms with Crippen LogP contribution in [0.2, 0.25) is 0 Å². The minimum absolute atomic E-state index is 0.0699. The molecule has 0 spiro atoms. The maximum absolute atomic E-state index is 15.2. The van der Waals surface area contributed by atoms with Gasteiger partial charge in [-0.25, -0.2) is 8.78 Å². The van der Waals surface area contributed by atoms with Crippen molar-refractivity contribution in [2.75, 3.05) is 10.9 Å². The summed E-state index contributed by atoms with van der Waals surface area (Å²) in [6.07, 6.45) is 0. The summed E-state index contributed by atoms with van der Waals surface area (Å²) in [4.78, 5) is 0. The van der Waals surface area contributed by atoms with E-state index in [0.717, 1.165) is 0 Å². The predicted octanol–water partition coefficient (Wildman–Crippen LogP) is 8.33. The number of rotatable bonds is 4. The number of halogens is 4. The van der Waals surface area contributed by atoms with Gasteiger partial charge in [0.15, 0.2) is 11.6 Å². The Kier molecular flexibility index (Phi) is 5.65. The highest BCUT2D eigenvalue weighted by Crippen LogP contribution is 2.44. The Labute approximate surface area is 232 Å². The van der Waals surface area contributed by atoms with Crippen LogP contribution in [0.1, 0.15) is 11.1 Å². The van der Waals surface area contributed by atoms with Gasteiger partial charge in [0.1, 0.15) is 10.7 Å². The van der Waals surface area contributed by atoms with E-state index in [2.05, 4.69) is 21.1 Å². The summed E-state index contributed by atoms with van der Waals surface area (Å²) in [5.41, 5.74) is 8.55. The van der Waals surface area contributed by atoms with E-state index < -0.39 is 21.9 Å². The summed E-state index contributed by atoms with van der Waals surface area (Å²) >= 11 is 1.41. The molecular formula is C30H18F4N4S2. The van der Waals surface area contributed by atoms with Gasteiger partial charge >= 0.3 is 0 Å². The summed E-state index contributed by atoms with van der Waals surface area (Å²) in [5, 5.41) is 10.2. The number of hydrogen-bond donors (Lipinski definition) is 2. The number of nitrogens with one attached hydrogen (secondary N) is 2. The molecule has 198 valence electrons. The fourth-order valence-corrected chi connectivity index (χ4v) is 7.47. The monoisotopic (exact) mass is 574 g/mol. The first-order valence-corrected chi connectivity index (χ1v) is 13.9. The molecule has 0 fully saturated rings. The zero-order valence-corrected chi connectivity index (χ0v) is 22.6. The van der Waals surface area contributed by atoms with Crippen LogP contribution in [0.15, 0.2) is 70.9 Å². The van der Waals surface area contributed by atoms with Crippen molar-refractivity contribution in [2.45, 2.75) is 13.8 Å². The van der Waals surface area contributed by atoms with Crippen molar-refractivity contribution in [1.82, 2.24) is 0 Å². The second-order valence-electron chi connectivity index (χ2n) is 9.41. The third kappa shape index (κ3) is 3.49. The molecule has 4 nitrogen and oxygen atoms in total. The number of benzene rings is 3. The van der Waals surface area contributed by atoms with Gasteiger partial charge in [-0.1, -0.05) is 36.4 Å². The highest BCUT2D eigenvalue weighted by Gasteiger charge is 2.28. The molecule has 0 saturated heterocycles. The summed E-state index contributed by atoms with van der Waals surface area (Å²) in [5.74, 6) is -1.95. The van der Waals surface area contributed by atoms with E-state index in [1.165, 1.54) is 0 Å². The molecule has 0 aliphatic heterocycles. The van der Waals surface area contributed by atoms with Gasteiger partial charge in [-0.2, -0.15) is 19.0 Å². The van der Waals surface area contributed by atoms with Crippen LogP contribution in [0.5, 0.6) is 0 Å². The van der Waals surface area contributed by atoms with Crippen LogP contribution in [0, 0.1) is 35.7 Å². The number of fused-ring (bicyclic) bond motifs is 6. The van der Waals surface area contributed by atoms with Crippen molar-refractivity contribution in [3.8, 4) is 0 Å². The Balaban J connectivity index is 1.64. The predicted molar refractivity (Wildman–Crippen MR) is 155 cm³/mol. The minimum atomic E-state index is -0.975. The molecule has 40 heavy (non-hydrogen) atoms. The molecule has 0 unspecified atom stereocenters. The van der Waals surface area contributed by atoms with Crippen molar-refractivity contribution >= 4 is 75.8 Å². The first-order valence-electron chi connectivity index (χ1n) is 12.3. The van der Waals surface area contributed by atoms with Crippen LogP contribution < -0.4 is 21.6 Å². The van der Waals surface area contributed by atoms with E-state index in [-0.39, 0.29) is 21.5 Å². The molecule has 7 rings (SSSR count). The summed E-state index contributed by atoms with van der Waals surface area (Å²) < 4.78 is 60.6. The molecule has 0 atom stereocenters. The maximum Gasteiger partial charge on any atom is 0.213 e. The van der Waals surface area contributed by atoms with Crippen LogP contribution in [0.3, 0.4) is 0 Å². The van der Waals surface area contributed by atoms with E-state index >= 15 is 8.78 Å². The second-order valence-corrected chi connectivity index (χ2v) is 11.4. The standard InChI is InChI=1S/C30H18F4N4S2/c1-13-17-20(28-21(23(31)30(34)40-28)25(17)37-35-15-9-5-3-6-10-15)14(2)18-19(13)27-22(24(32)29(33)39-27)26(18)38-36-16-11-7-4-8-12-16/h3-12,35-36H,1-2H3. The Morgan fingerprint density at radius 1 is 0.525 bits per heavy atom. The van der Waals surface area contributed by atoms with Crippen LogP contribution in [-0.4, -0.2) is 0 Å². The lowest BCUT2D eigenvalue weighted by atomic mass is 9.98. The van der Waals surface area contributed by atoms with E-state index in [0.29, 0.717) is 76.1 Å². The lowest BCUT2D eigenvalue weighted by Crippen LogP contribution is -2.08. The van der Waals surface area contributed by atoms with E-state index in [9.17, 15) is 8.78 Å².